The van der Waals surface area contributed by atoms with Crippen molar-refractivity contribution < 1.29 is 27.4 Å². The maximum atomic E-state index is 12.2. The molecule has 1 aliphatic rings. The van der Waals surface area contributed by atoms with E-state index in [2.05, 4.69) is 4.74 Å². The van der Waals surface area contributed by atoms with Crippen molar-refractivity contribution in [1.29, 1.82) is 0 Å². The van der Waals surface area contributed by atoms with Gasteiger partial charge in [0.1, 0.15) is 0 Å². The van der Waals surface area contributed by atoms with Crippen molar-refractivity contribution in [1.82, 2.24) is 0 Å². The molecule has 110 valence electrons. The normalized spacial score (nSPS) is 19.9. The Morgan fingerprint density at radius 3 is 2.75 bits per heavy atom. The van der Waals surface area contributed by atoms with E-state index < -0.39 is 27.5 Å². The van der Waals surface area contributed by atoms with Crippen LogP contribution >= 0.6 is 0 Å². The molecule has 1 aliphatic heterocycles. The van der Waals surface area contributed by atoms with E-state index in [4.69, 9.17) is 9.47 Å². The predicted octanol–water partition coefficient (Wildman–Crippen LogP) is 1.85. The van der Waals surface area contributed by atoms with Crippen molar-refractivity contribution in [2.24, 2.45) is 0 Å². The van der Waals surface area contributed by atoms with Gasteiger partial charge in [-0.2, -0.15) is 0 Å². The molecule has 0 saturated carbocycles. The fourth-order valence-corrected chi connectivity index (χ4v) is 5.84. The molecule has 0 bridgehead atoms. The second-order valence-electron chi connectivity index (χ2n) is 4.30. The van der Waals surface area contributed by atoms with Crippen LogP contribution in [0.5, 0.6) is 5.75 Å². The summed E-state index contributed by atoms with van der Waals surface area (Å²) in [5.41, 5.74) is 0.910. The first-order chi connectivity index (χ1) is 9.48. The molecular weight excluding hydrogens is 380 g/mol. The SMILES string of the molecule is CCc1cc(OC(F)(F)F)cc[c]1[Sn][CH]1COCCO1. The van der Waals surface area contributed by atoms with Gasteiger partial charge in [-0.3, -0.25) is 0 Å². The molecule has 0 N–H and O–H groups in total. The first-order valence-corrected chi connectivity index (χ1v) is 9.40. The van der Waals surface area contributed by atoms with Crippen molar-refractivity contribution in [3.8, 4) is 5.75 Å². The number of halogens is 3. The van der Waals surface area contributed by atoms with Gasteiger partial charge in [0, 0.05) is 0 Å². The van der Waals surface area contributed by atoms with E-state index in [1.807, 2.05) is 6.92 Å². The fourth-order valence-electron chi connectivity index (χ4n) is 1.95. The van der Waals surface area contributed by atoms with Crippen LogP contribution in [0.1, 0.15) is 12.5 Å². The van der Waals surface area contributed by atoms with Gasteiger partial charge >= 0.3 is 125 Å². The molecule has 2 radical (unpaired) electrons. The van der Waals surface area contributed by atoms with Crippen LogP contribution in [0.15, 0.2) is 18.2 Å². The fraction of sp³-hybridized carbons (Fsp3) is 0.538. The minimum atomic E-state index is -4.65. The zero-order valence-electron chi connectivity index (χ0n) is 11.0. The third kappa shape index (κ3) is 4.82. The van der Waals surface area contributed by atoms with Crippen molar-refractivity contribution in [2.45, 2.75) is 23.8 Å². The van der Waals surface area contributed by atoms with Gasteiger partial charge in [0.05, 0.1) is 0 Å². The molecule has 1 atom stereocenters. The van der Waals surface area contributed by atoms with Gasteiger partial charge in [-0.25, -0.2) is 0 Å². The Bertz CT molecular complexity index is 445. The monoisotopic (exact) mass is 396 g/mol. The van der Waals surface area contributed by atoms with Gasteiger partial charge < -0.3 is 0 Å². The van der Waals surface area contributed by atoms with E-state index in [1.54, 1.807) is 6.07 Å². The van der Waals surface area contributed by atoms with Crippen molar-refractivity contribution >= 4 is 24.7 Å². The number of alkyl halides is 3. The molecule has 0 amide bonds. The van der Waals surface area contributed by atoms with E-state index in [0.29, 0.717) is 26.2 Å². The number of rotatable bonds is 4. The Morgan fingerprint density at radius 2 is 2.15 bits per heavy atom. The van der Waals surface area contributed by atoms with Crippen LogP contribution in [0, 0.1) is 0 Å². The molecule has 0 spiro atoms. The Kier molecular flexibility index (Phi) is 5.56. The Labute approximate surface area is 125 Å². The average molecular weight is 395 g/mol. The standard InChI is InChI=1S/C9H8F3O.C4H7O2.Sn/c1-2-7-4-3-5-8(6-7)13-9(10,11)12;1-2-6-4-3-5-1;/h3,5-6H,2H2,1H3;1H,2-4H2;. The van der Waals surface area contributed by atoms with E-state index >= 15 is 0 Å². The van der Waals surface area contributed by atoms with Crippen LogP contribution in [0.3, 0.4) is 0 Å². The molecule has 20 heavy (non-hydrogen) atoms. The van der Waals surface area contributed by atoms with Crippen LogP contribution in [-0.2, 0) is 15.9 Å². The molecule has 1 heterocycles. The van der Waals surface area contributed by atoms with Crippen molar-refractivity contribution in [2.75, 3.05) is 19.8 Å². The maximum absolute atomic E-state index is 12.2. The van der Waals surface area contributed by atoms with Crippen molar-refractivity contribution in [3.05, 3.63) is 23.8 Å². The summed E-state index contributed by atoms with van der Waals surface area (Å²) in [5, 5.41) is 0. The number of aryl methyl sites for hydroxylation is 1. The first kappa shape index (κ1) is 15.9. The molecular formula is C13H15F3O3Sn. The molecule has 2 rings (SSSR count). The topological polar surface area (TPSA) is 27.7 Å². The molecule has 1 unspecified atom stereocenters. The van der Waals surface area contributed by atoms with Crippen molar-refractivity contribution in [3.63, 3.8) is 0 Å². The summed E-state index contributed by atoms with van der Waals surface area (Å²) >= 11 is -1.05. The number of ether oxygens (including phenoxy) is 3. The Morgan fingerprint density at radius 1 is 1.35 bits per heavy atom. The van der Waals surface area contributed by atoms with Gasteiger partial charge in [-0.1, -0.05) is 0 Å². The molecule has 0 aromatic heterocycles. The summed E-state index contributed by atoms with van der Waals surface area (Å²) in [4.78, 5) is 0. The predicted molar refractivity (Wildman–Crippen MR) is 68.5 cm³/mol. The summed E-state index contributed by atoms with van der Waals surface area (Å²) in [6.45, 7) is 3.74. The third-order valence-corrected chi connectivity index (χ3v) is 6.97. The molecule has 3 nitrogen and oxygen atoms in total. The number of benzene rings is 1. The van der Waals surface area contributed by atoms with E-state index in [9.17, 15) is 13.2 Å². The summed E-state index contributed by atoms with van der Waals surface area (Å²) in [6.07, 6.45) is -3.97. The van der Waals surface area contributed by atoms with Crippen LogP contribution in [0.25, 0.3) is 0 Å². The Hall–Kier alpha value is -0.471. The van der Waals surface area contributed by atoms with Gasteiger partial charge in [0.25, 0.3) is 0 Å². The van der Waals surface area contributed by atoms with Crippen LogP contribution in [0.4, 0.5) is 13.2 Å². The summed E-state index contributed by atoms with van der Waals surface area (Å²) in [5.74, 6) is -0.154. The second-order valence-corrected chi connectivity index (χ2v) is 8.50. The zero-order chi connectivity index (χ0) is 14.6. The number of hydrogen-bond donors (Lipinski definition) is 0. The number of hydrogen-bond acceptors (Lipinski definition) is 3. The first-order valence-electron chi connectivity index (χ1n) is 6.32. The molecule has 1 saturated heterocycles. The van der Waals surface area contributed by atoms with Gasteiger partial charge in [-0.15, -0.1) is 0 Å². The Balaban J connectivity index is 2.08. The molecule has 1 fully saturated rings. The molecule has 1 aromatic carbocycles. The van der Waals surface area contributed by atoms with Crippen LogP contribution in [0.2, 0.25) is 0 Å². The minimum absolute atomic E-state index is 0.132. The second kappa shape index (κ2) is 6.99. The molecule has 7 heteroatoms. The third-order valence-electron chi connectivity index (χ3n) is 2.82. The molecule has 1 aromatic rings. The van der Waals surface area contributed by atoms with Gasteiger partial charge in [-0.05, 0) is 0 Å². The van der Waals surface area contributed by atoms with E-state index in [0.717, 1.165) is 9.14 Å². The summed E-state index contributed by atoms with van der Waals surface area (Å²) in [7, 11) is 0. The molecule has 0 aliphatic carbocycles. The quantitative estimate of drug-likeness (QED) is 0.729. The van der Waals surface area contributed by atoms with Gasteiger partial charge in [0.2, 0.25) is 0 Å². The average Bonchev–Trinajstić information content (AvgIpc) is 2.40. The van der Waals surface area contributed by atoms with Crippen LogP contribution in [-0.4, -0.2) is 51.4 Å². The summed E-state index contributed by atoms with van der Waals surface area (Å²) < 4.78 is 52.8. The summed E-state index contributed by atoms with van der Waals surface area (Å²) in [6, 6.07) is 4.60. The van der Waals surface area contributed by atoms with E-state index in [-0.39, 0.29) is 9.87 Å². The van der Waals surface area contributed by atoms with Crippen LogP contribution < -0.4 is 8.32 Å². The zero-order valence-corrected chi connectivity index (χ0v) is 13.9. The van der Waals surface area contributed by atoms with Gasteiger partial charge in [0.15, 0.2) is 0 Å². The van der Waals surface area contributed by atoms with E-state index in [1.165, 1.54) is 12.1 Å².